The van der Waals surface area contributed by atoms with Gasteiger partial charge in [-0.1, -0.05) is 30.7 Å². The first-order valence-electron chi connectivity index (χ1n) is 10.6. The number of aliphatic imine (C=N–C) groups is 1. The van der Waals surface area contributed by atoms with Gasteiger partial charge in [0, 0.05) is 26.2 Å². The van der Waals surface area contributed by atoms with Crippen molar-refractivity contribution in [2.75, 3.05) is 32.8 Å². The largest absolute Gasteiger partial charge is 0.373 e. The lowest BCUT2D eigenvalue weighted by atomic mass is 10.0. The molecule has 2 saturated heterocycles. The zero-order valence-corrected chi connectivity index (χ0v) is 19.8. The summed E-state index contributed by atoms with van der Waals surface area (Å²) in [5, 5.41) is 6.85. The summed E-state index contributed by atoms with van der Waals surface area (Å²) in [6.07, 6.45) is 6.29. The van der Waals surface area contributed by atoms with Crippen molar-refractivity contribution in [2.45, 2.75) is 64.6 Å². The van der Waals surface area contributed by atoms with Crippen molar-refractivity contribution in [1.29, 1.82) is 0 Å². The highest BCUT2D eigenvalue weighted by molar-refractivity contribution is 14.0. The van der Waals surface area contributed by atoms with E-state index < -0.39 is 0 Å². The van der Waals surface area contributed by atoms with Gasteiger partial charge < -0.3 is 15.4 Å². The molecule has 5 nitrogen and oxygen atoms in total. The zero-order valence-electron chi connectivity index (χ0n) is 17.5. The first kappa shape index (κ1) is 23.4. The van der Waals surface area contributed by atoms with Crippen LogP contribution in [0, 0.1) is 0 Å². The minimum Gasteiger partial charge on any atom is -0.373 e. The number of rotatable bonds is 7. The van der Waals surface area contributed by atoms with Gasteiger partial charge in [0.05, 0.1) is 12.1 Å². The number of hydrogen-bond acceptors (Lipinski definition) is 3. The Morgan fingerprint density at radius 2 is 1.86 bits per heavy atom. The predicted molar refractivity (Wildman–Crippen MR) is 127 cm³/mol. The normalized spacial score (nSPS) is 23.3. The molecule has 2 heterocycles. The van der Waals surface area contributed by atoms with Crippen LogP contribution in [0.25, 0.3) is 0 Å². The van der Waals surface area contributed by atoms with Crippen LogP contribution in [0.5, 0.6) is 0 Å². The van der Waals surface area contributed by atoms with E-state index in [-0.39, 0.29) is 29.6 Å². The van der Waals surface area contributed by atoms with Gasteiger partial charge in [0.25, 0.3) is 0 Å². The average molecular weight is 500 g/mol. The Bertz CT molecular complexity index is 610. The minimum absolute atomic E-state index is 0. The summed E-state index contributed by atoms with van der Waals surface area (Å²) in [6, 6.07) is 8.74. The molecule has 6 heteroatoms. The smallest absolute Gasteiger partial charge is 0.191 e. The molecule has 0 bridgehead atoms. The SMILES string of the molecule is CCNC(=NCc1ccccc1CN1CCCCC1)NCC1(C)CCCO1.I. The van der Waals surface area contributed by atoms with Gasteiger partial charge in [-0.2, -0.15) is 0 Å². The zero-order chi connectivity index (χ0) is 19.0. The van der Waals surface area contributed by atoms with Gasteiger partial charge in [0.1, 0.15) is 0 Å². The molecule has 2 aliphatic rings. The quantitative estimate of drug-likeness (QED) is 0.339. The average Bonchev–Trinajstić information content (AvgIpc) is 3.13. The molecule has 3 rings (SSSR count). The van der Waals surface area contributed by atoms with Crippen molar-refractivity contribution in [3.8, 4) is 0 Å². The fourth-order valence-electron chi connectivity index (χ4n) is 3.98. The molecule has 0 amide bonds. The second kappa shape index (κ2) is 12.0. The van der Waals surface area contributed by atoms with E-state index in [2.05, 4.69) is 53.6 Å². The Hall–Kier alpha value is -0.860. The number of nitrogens with one attached hydrogen (secondary N) is 2. The number of piperidine rings is 1. The first-order chi connectivity index (χ1) is 13.2. The molecule has 0 aromatic heterocycles. The maximum Gasteiger partial charge on any atom is 0.191 e. The summed E-state index contributed by atoms with van der Waals surface area (Å²) < 4.78 is 5.88. The second-order valence-corrected chi connectivity index (χ2v) is 8.06. The lowest BCUT2D eigenvalue weighted by molar-refractivity contribution is 0.0243. The van der Waals surface area contributed by atoms with Crippen LogP contribution in [0.15, 0.2) is 29.3 Å². The van der Waals surface area contributed by atoms with Gasteiger partial charge >= 0.3 is 0 Å². The number of nitrogens with zero attached hydrogens (tertiary/aromatic N) is 2. The summed E-state index contributed by atoms with van der Waals surface area (Å²) in [6.45, 7) is 11.0. The van der Waals surface area contributed by atoms with E-state index >= 15 is 0 Å². The fraction of sp³-hybridized carbons (Fsp3) is 0.682. The third-order valence-electron chi connectivity index (χ3n) is 5.64. The van der Waals surface area contributed by atoms with Crippen LogP contribution in [0.2, 0.25) is 0 Å². The van der Waals surface area contributed by atoms with Crippen molar-refractivity contribution in [1.82, 2.24) is 15.5 Å². The van der Waals surface area contributed by atoms with Gasteiger partial charge in [0.2, 0.25) is 0 Å². The van der Waals surface area contributed by atoms with E-state index in [0.717, 1.165) is 45.0 Å². The Morgan fingerprint density at radius 1 is 1.11 bits per heavy atom. The van der Waals surface area contributed by atoms with Crippen molar-refractivity contribution < 1.29 is 4.74 Å². The monoisotopic (exact) mass is 500 g/mol. The summed E-state index contributed by atoms with van der Waals surface area (Å²) in [5.74, 6) is 0.877. The van der Waals surface area contributed by atoms with Gasteiger partial charge in [-0.25, -0.2) is 4.99 Å². The molecule has 0 saturated carbocycles. The van der Waals surface area contributed by atoms with E-state index in [1.165, 1.54) is 43.5 Å². The highest BCUT2D eigenvalue weighted by Crippen LogP contribution is 2.23. The number of halogens is 1. The van der Waals surface area contributed by atoms with Crippen molar-refractivity contribution in [2.24, 2.45) is 4.99 Å². The highest BCUT2D eigenvalue weighted by Gasteiger charge is 2.29. The Kier molecular flexibility index (Phi) is 10.0. The fourth-order valence-corrected chi connectivity index (χ4v) is 3.98. The highest BCUT2D eigenvalue weighted by atomic mass is 127. The van der Waals surface area contributed by atoms with E-state index in [1.807, 2.05) is 0 Å². The number of benzene rings is 1. The van der Waals surface area contributed by atoms with Crippen molar-refractivity contribution in [3.05, 3.63) is 35.4 Å². The Labute approximate surface area is 187 Å². The summed E-state index contributed by atoms with van der Waals surface area (Å²) in [7, 11) is 0. The summed E-state index contributed by atoms with van der Waals surface area (Å²) in [5.41, 5.74) is 2.66. The van der Waals surface area contributed by atoms with Crippen LogP contribution in [-0.4, -0.2) is 49.2 Å². The molecule has 0 radical (unpaired) electrons. The Balaban J connectivity index is 0.00000280. The standard InChI is InChI=1S/C22H36N4O.HI/c1-3-23-21(25-18-22(2)12-9-15-27-22)24-16-19-10-5-6-11-20(19)17-26-13-7-4-8-14-26;/h5-6,10-11H,3-4,7-9,12-18H2,1-2H3,(H2,23,24,25);1H. The molecule has 2 aliphatic heterocycles. The topological polar surface area (TPSA) is 48.9 Å². The molecular formula is C22H37IN4O. The van der Waals surface area contributed by atoms with Crippen LogP contribution >= 0.6 is 24.0 Å². The van der Waals surface area contributed by atoms with Crippen LogP contribution in [0.1, 0.15) is 57.1 Å². The molecule has 0 aliphatic carbocycles. The van der Waals surface area contributed by atoms with E-state index in [9.17, 15) is 0 Å². The van der Waals surface area contributed by atoms with E-state index in [0.29, 0.717) is 6.54 Å². The molecule has 2 fully saturated rings. The molecule has 1 aromatic carbocycles. The maximum absolute atomic E-state index is 5.88. The molecular weight excluding hydrogens is 463 g/mol. The first-order valence-corrected chi connectivity index (χ1v) is 10.6. The van der Waals surface area contributed by atoms with Gasteiger partial charge in [-0.05, 0) is 63.7 Å². The lowest BCUT2D eigenvalue weighted by Gasteiger charge is -2.27. The molecule has 0 spiro atoms. The molecule has 28 heavy (non-hydrogen) atoms. The third kappa shape index (κ3) is 7.19. The third-order valence-corrected chi connectivity index (χ3v) is 5.64. The number of ether oxygens (including phenoxy) is 1. The molecule has 1 atom stereocenters. The summed E-state index contributed by atoms with van der Waals surface area (Å²) >= 11 is 0. The maximum atomic E-state index is 5.88. The van der Waals surface area contributed by atoms with Crippen LogP contribution in [0.4, 0.5) is 0 Å². The Morgan fingerprint density at radius 3 is 2.54 bits per heavy atom. The van der Waals surface area contributed by atoms with Crippen LogP contribution < -0.4 is 10.6 Å². The van der Waals surface area contributed by atoms with E-state index in [1.54, 1.807) is 0 Å². The second-order valence-electron chi connectivity index (χ2n) is 8.06. The number of likely N-dealkylation sites (tertiary alicyclic amines) is 1. The van der Waals surface area contributed by atoms with Crippen molar-refractivity contribution in [3.63, 3.8) is 0 Å². The summed E-state index contributed by atoms with van der Waals surface area (Å²) in [4.78, 5) is 7.43. The lowest BCUT2D eigenvalue weighted by Crippen LogP contribution is -2.45. The van der Waals surface area contributed by atoms with Gasteiger partial charge in [-0.15, -0.1) is 24.0 Å². The van der Waals surface area contributed by atoms with E-state index in [4.69, 9.17) is 9.73 Å². The molecule has 2 N–H and O–H groups in total. The van der Waals surface area contributed by atoms with Crippen LogP contribution in [0.3, 0.4) is 0 Å². The molecule has 1 unspecified atom stereocenters. The molecule has 1 aromatic rings. The molecule has 158 valence electrons. The predicted octanol–water partition coefficient (Wildman–Crippen LogP) is 3.91. The van der Waals surface area contributed by atoms with Crippen LogP contribution in [-0.2, 0) is 17.8 Å². The number of guanidine groups is 1. The van der Waals surface area contributed by atoms with Gasteiger partial charge in [0.15, 0.2) is 5.96 Å². The number of hydrogen-bond donors (Lipinski definition) is 2. The minimum atomic E-state index is -0.0671. The van der Waals surface area contributed by atoms with Crippen molar-refractivity contribution >= 4 is 29.9 Å². The van der Waals surface area contributed by atoms with Gasteiger partial charge in [-0.3, -0.25) is 4.90 Å².